The van der Waals surface area contributed by atoms with Crippen LogP contribution in [0.1, 0.15) is 44.0 Å². The van der Waals surface area contributed by atoms with Crippen molar-refractivity contribution in [3.05, 3.63) is 57.3 Å². The molecule has 1 fully saturated rings. The van der Waals surface area contributed by atoms with Crippen molar-refractivity contribution < 1.29 is 14.4 Å². The Hall–Kier alpha value is -2.47. The number of carbonyl (C=O) groups excluding carboxylic acids is 3. The Kier molecular flexibility index (Phi) is 6.06. The number of rotatable bonds is 5. The second kappa shape index (κ2) is 8.48. The molecule has 2 aromatic rings. The van der Waals surface area contributed by atoms with Gasteiger partial charge in [-0.15, -0.1) is 11.3 Å². The maximum Gasteiger partial charge on any atom is 0.264 e. The van der Waals surface area contributed by atoms with Crippen molar-refractivity contribution in [3.63, 3.8) is 0 Å². The molecular formula is C21H24N2O3S. The Morgan fingerprint density at radius 3 is 2.33 bits per heavy atom. The predicted molar refractivity (Wildman–Crippen MR) is 106 cm³/mol. The number of thiophene rings is 1. The van der Waals surface area contributed by atoms with Gasteiger partial charge in [-0.3, -0.25) is 14.4 Å². The van der Waals surface area contributed by atoms with Gasteiger partial charge in [0.05, 0.1) is 4.88 Å². The molecule has 1 aromatic carbocycles. The quantitative estimate of drug-likeness (QED) is 0.743. The summed E-state index contributed by atoms with van der Waals surface area (Å²) < 4.78 is 0. The molecule has 2 amide bonds. The van der Waals surface area contributed by atoms with Gasteiger partial charge in [0.2, 0.25) is 5.91 Å². The molecule has 27 heavy (non-hydrogen) atoms. The summed E-state index contributed by atoms with van der Waals surface area (Å²) in [7, 11) is 0. The van der Waals surface area contributed by atoms with E-state index in [-0.39, 0.29) is 30.4 Å². The fourth-order valence-electron chi connectivity index (χ4n) is 3.26. The van der Waals surface area contributed by atoms with Gasteiger partial charge in [0.15, 0.2) is 5.78 Å². The Labute approximate surface area is 163 Å². The predicted octanol–water partition coefficient (Wildman–Crippen LogP) is 3.31. The van der Waals surface area contributed by atoms with E-state index in [4.69, 9.17) is 0 Å². The minimum Gasteiger partial charge on any atom is -0.339 e. The minimum atomic E-state index is -0.0168. The number of benzene rings is 1. The van der Waals surface area contributed by atoms with Gasteiger partial charge < -0.3 is 9.80 Å². The van der Waals surface area contributed by atoms with Crippen molar-refractivity contribution in [1.82, 2.24) is 9.80 Å². The zero-order valence-corrected chi connectivity index (χ0v) is 16.6. The number of Topliss-reactive ketones (excluding diaryl/α,β-unsaturated/α-hetero) is 1. The summed E-state index contributed by atoms with van der Waals surface area (Å²) in [5.41, 5.74) is 2.69. The molecule has 0 spiro atoms. The molecule has 0 saturated carbocycles. The Morgan fingerprint density at radius 1 is 0.963 bits per heavy atom. The van der Waals surface area contributed by atoms with Crippen molar-refractivity contribution in [2.45, 2.75) is 26.7 Å². The second-order valence-corrected chi connectivity index (χ2v) is 7.84. The molecule has 1 saturated heterocycles. The minimum absolute atomic E-state index is 0.0102. The van der Waals surface area contributed by atoms with Crippen LogP contribution in [-0.4, -0.2) is 53.6 Å². The van der Waals surface area contributed by atoms with Gasteiger partial charge in [-0.05, 0) is 36.9 Å². The zero-order chi connectivity index (χ0) is 19.4. The number of hydrogen-bond acceptors (Lipinski definition) is 4. The molecule has 0 radical (unpaired) electrons. The Morgan fingerprint density at radius 2 is 1.67 bits per heavy atom. The maximum atomic E-state index is 12.5. The van der Waals surface area contributed by atoms with Gasteiger partial charge in [-0.25, -0.2) is 0 Å². The molecule has 6 heteroatoms. The normalized spacial score (nSPS) is 14.3. The van der Waals surface area contributed by atoms with Crippen LogP contribution in [0.3, 0.4) is 0 Å². The number of piperazine rings is 1. The van der Waals surface area contributed by atoms with Gasteiger partial charge in [-0.1, -0.05) is 23.8 Å². The number of carbonyl (C=O) groups is 3. The molecule has 5 nitrogen and oxygen atoms in total. The molecule has 142 valence electrons. The van der Waals surface area contributed by atoms with Gasteiger partial charge in [-0.2, -0.15) is 0 Å². The molecule has 3 rings (SSSR count). The molecule has 0 aliphatic carbocycles. The average molecular weight is 385 g/mol. The molecule has 1 aromatic heterocycles. The second-order valence-electron chi connectivity index (χ2n) is 6.89. The highest BCUT2D eigenvalue weighted by molar-refractivity contribution is 7.12. The van der Waals surface area contributed by atoms with Crippen molar-refractivity contribution in [2.75, 3.05) is 26.2 Å². The van der Waals surface area contributed by atoms with Gasteiger partial charge >= 0.3 is 0 Å². The van der Waals surface area contributed by atoms with Crippen LogP contribution >= 0.6 is 11.3 Å². The Balaban J connectivity index is 1.49. The third-order valence-corrected chi connectivity index (χ3v) is 5.77. The first-order valence-corrected chi connectivity index (χ1v) is 10.0. The Bertz CT molecular complexity index is 837. The van der Waals surface area contributed by atoms with Crippen molar-refractivity contribution >= 4 is 28.9 Å². The van der Waals surface area contributed by atoms with Gasteiger partial charge in [0, 0.05) is 44.6 Å². The third kappa shape index (κ3) is 4.63. The van der Waals surface area contributed by atoms with Crippen LogP contribution in [0.25, 0.3) is 0 Å². The first-order chi connectivity index (χ1) is 13.0. The standard InChI is InChI=1S/C21H24N2O3S/c1-15-5-6-16(2)17(14-15)18(24)7-8-20(25)22-9-11-23(12-10-22)21(26)19-4-3-13-27-19/h3-6,13-14H,7-12H2,1-2H3. The van der Waals surface area contributed by atoms with E-state index in [0.29, 0.717) is 31.7 Å². The summed E-state index contributed by atoms with van der Waals surface area (Å²) in [6.45, 7) is 5.98. The number of amides is 2. The van der Waals surface area contributed by atoms with E-state index in [1.165, 1.54) is 11.3 Å². The number of ketones is 1. The van der Waals surface area contributed by atoms with E-state index in [1.807, 2.05) is 49.6 Å². The summed E-state index contributed by atoms with van der Waals surface area (Å²) in [5.74, 6) is 0.0233. The summed E-state index contributed by atoms with van der Waals surface area (Å²) in [5, 5.41) is 1.89. The highest BCUT2D eigenvalue weighted by Crippen LogP contribution is 2.16. The van der Waals surface area contributed by atoms with E-state index >= 15 is 0 Å². The number of aryl methyl sites for hydroxylation is 2. The molecular weight excluding hydrogens is 360 g/mol. The van der Waals surface area contributed by atoms with Crippen LogP contribution in [0.15, 0.2) is 35.7 Å². The fourth-order valence-corrected chi connectivity index (χ4v) is 3.96. The van der Waals surface area contributed by atoms with E-state index < -0.39 is 0 Å². The van der Waals surface area contributed by atoms with E-state index in [0.717, 1.165) is 16.0 Å². The highest BCUT2D eigenvalue weighted by Gasteiger charge is 2.25. The fraction of sp³-hybridized carbons (Fsp3) is 0.381. The topological polar surface area (TPSA) is 57.7 Å². The van der Waals surface area contributed by atoms with Gasteiger partial charge in [0.1, 0.15) is 0 Å². The summed E-state index contributed by atoms with van der Waals surface area (Å²) in [4.78, 5) is 41.6. The van der Waals surface area contributed by atoms with Crippen molar-refractivity contribution in [1.29, 1.82) is 0 Å². The summed E-state index contributed by atoms with van der Waals surface area (Å²) >= 11 is 1.43. The first kappa shape index (κ1) is 19.3. The molecule has 0 N–H and O–H groups in total. The van der Waals surface area contributed by atoms with Crippen LogP contribution in [0, 0.1) is 13.8 Å². The van der Waals surface area contributed by atoms with Crippen LogP contribution in [0.5, 0.6) is 0 Å². The molecule has 0 bridgehead atoms. The average Bonchev–Trinajstić information content (AvgIpc) is 3.22. The summed E-state index contributed by atoms with van der Waals surface area (Å²) in [6.07, 6.45) is 0.433. The number of nitrogens with zero attached hydrogens (tertiary/aromatic N) is 2. The van der Waals surface area contributed by atoms with Crippen LogP contribution in [-0.2, 0) is 4.79 Å². The van der Waals surface area contributed by atoms with Crippen LogP contribution in [0.4, 0.5) is 0 Å². The van der Waals surface area contributed by atoms with Crippen LogP contribution < -0.4 is 0 Å². The lowest BCUT2D eigenvalue weighted by atomic mass is 9.99. The van der Waals surface area contributed by atoms with Crippen LogP contribution in [0.2, 0.25) is 0 Å². The first-order valence-electron chi connectivity index (χ1n) is 9.16. The molecule has 0 atom stereocenters. The van der Waals surface area contributed by atoms with E-state index in [1.54, 1.807) is 9.80 Å². The molecule has 0 unspecified atom stereocenters. The molecule has 1 aliphatic heterocycles. The lowest BCUT2D eigenvalue weighted by molar-refractivity contribution is -0.132. The molecule has 1 aliphatic rings. The monoisotopic (exact) mass is 384 g/mol. The lowest BCUT2D eigenvalue weighted by Gasteiger charge is -2.34. The van der Waals surface area contributed by atoms with E-state index in [2.05, 4.69) is 0 Å². The summed E-state index contributed by atoms with van der Waals surface area (Å²) in [6, 6.07) is 9.49. The van der Waals surface area contributed by atoms with Gasteiger partial charge in [0.25, 0.3) is 5.91 Å². The molecule has 2 heterocycles. The highest BCUT2D eigenvalue weighted by atomic mass is 32.1. The number of hydrogen-bond donors (Lipinski definition) is 0. The SMILES string of the molecule is Cc1ccc(C)c(C(=O)CCC(=O)N2CCN(C(=O)c3cccs3)CC2)c1. The van der Waals surface area contributed by atoms with Crippen molar-refractivity contribution in [3.8, 4) is 0 Å². The van der Waals surface area contributed by atoms with Crippen molar-refractivity contribution in [2.24, 2.45) is 0 Å². The lowest BCUT2D eigenvalue weighted by Crippen LogP contribution is -2.50. The largest absolute Gasteiger partial charge is 0.339 e. The zero-order valence-electron chi connectivity index (χ0n) is 15.7. The maximum absolute atomic E-state index is 12.5. The third-order valence-electron chi connectivity index (χ3n) is 4.91. The van der Waals surface area contributed by atoms with E-state index in [9.17, 15) is 14.4 Å². The smallest absolute Gasteiger partial charge is 0.264 e.